The molecule has 0 radical (unpaired) electrons. The third-order valence-electron chi connectivity index (χ3n) is 2.31. The van der Waals surface area contributed by atoms with Crippen LogP contribution in [0.2, 0.25) is 0 Å². The molecule has 1 fully saturated rings. The molecule has 5 heteroatoms. The van der Waals surface area contributed by atoms with E-state index in [1.54, 1.807) is 12.1 Å². The summed E-state index contributed by atoms with van der Waals surface area (Å²) < 4.78 is 18.7. The second kappa shape index (κ2) is 4.68. The highest BCUT2D eigenvalue weighted by Gasteiger charge is 2.39. The third-order valence-corrected chi connectivity index (χ3v) is 2.92. The van der Waals surface area contributed by atoms with Crippen molar-refractivity contribution in [3.8, 4) is 5.75 Å². The summed E-state index contributed by atoms with van der Waals surface area (Å²) in [4.78, 5) is 0. The minimum absolute atomic E-state index is 0. The first-order chi connectivity index (χ1) is 6.59. The highest BCUT2D eigenvalue weighted by molar-refractivity contribution is 9.10. The second-order valence-corrected chi connectivity index (χ2v) is 4.58. The Labute approximate surface area is 103 Å². The molecule has 0 heterocycles. The second-order valence-electron chi connectivity index (χ2n) is 3.73. The van der Waals surface area contributed by atoms with Gasteiger partial charge in [0.25, 0.3) is 0 Å². The van der Waals surface area contributed by atoms with Crippen LogP contribution in [0.15, 0.2) is 22.7 Å². The highest BCUT2D eigenvalue weighted by Crippen LogP contribution is 2.33. The molecule has 0 spiro atoms. The molecule has 0 saturated heterocycles. The Morgan fingerprint density at radius 2 is 2.13 bits per heavy atom. The van der Waals surface area contributed by atoms with Crippen LogP contribution in [0.25, 0.3) is 0 Å². The third kappa shape index (κ3) is 3.33. The molecule has 2 rings (SSSR count). The van der Waals surface area contributed by atoms with Crippen molar-refractivity contribution in [3.05, 3.63) is 28.5 Å². The predicted octanol–water partition coefficient (Wildman–Crippen LogP) is 2.88. The summed E-state index contributed by atoms with van der Waals surface area (Å²) in [7, 11) is 0. The lowest BCUT2D eigenvalue weighted by Gasteiger charge is -2.11. The molecule has 1 aliphatic carbocycles. The van der Waals surface area contributed by atoms with Gasteiger partial charge in [-0.25, -0.2) is 4.39 Å². The molecule has 2 nitrogen and oxygen atoms in total. The molecule has 1 aliphatic rings. The van der Waals surface area contributed by atoms with Crippen molar-refractivity contribution >= 4 is 28.3 Å². The van der Waals surface area contributed by atoms with Gasteiger partial charge in [0.15, 0.2) is 0 Å². The summed E-state index contributed by atoms with van der Waals surface area (Å²) >= 11 is 3.10. The minimum Gasteiger partial charge on any atom is -0.492 e. The van der Waals surface area contributed by atoms with E-state index in [1.807, 2.05) is 0 Å². The molecular weight excluding hydrogens is 284 g/mol. The average Bonchev–Trinajstić information content (AvgIpc) is 2.87. The first-order valence-electron chi connectivity index (χ1n) is 4.46. The highest BCUT2D eigenvalue weighted by atomic mass is 79.9. The summed E-state index contributed by atoms with van der Waals surface area (Å²) in [6, 6.07) is 4.59. The number of hydrogen-bond acceptors (Lipinski definition) is 2. The van der Waals surface area contributed by atoms with Gasteiger partial charge in [-0.3, -0.25) is 0 Å². The zero-order valence-electron chi connectivity index (χ0n) is 8.00. The van der Waals surface area contributed by atoms with Gasteiger partial charge in [0, 0.05) is 0 Å². The fourth-order valence-corrected chi connectivity index (χ4v) is 1.46. The fourth-order valence-electron chi connectivity index (χ4n) is 1.10. The zero-order valence-corrected chi connectivity index (χ0v) is 10.4. The largest absolute Gasteiger partial charge is 0.492 e. The van der Waals surface area contributed by atoms with Gasteiger partial charge in [-0.15, -0.1) is 12.4 Å². The first-order valence-corrected chi connectivity index (χ1v) is 5.25. The normalized spacial score (nSPS) is 16.7. The molecule has 15 heavy (non-hydrogen) atoms. The van der Waals surface area contributed by atoms with E-state index < -0.39 is 0 Å². The van der Waals surface area contributed by atoms with Gasteiger partial charge < -0.3 is 10.5 Å². The van der Waals surface area contributed by atoms with Crippen LogP contribution >= 0.6 is 28.3 Å². The van der Waals surface area contributed by atoms with Crippen molar-refractivity contribution in [2.45, 2.75) is 18.4 Å². The maximum Gasteiger partial charge on any atom is 0.137 e. The number of hydrogen-bond donors (Lipinski definition) is 1. The van der Waals surface area contributed by atoms with E-state index in [0.717, 1.165) is 12.8 Å². The lowest BCUT2D eigenvalue weighted by molar-refractivity contribution is 0.279. The molecule has 0 aromatic heterocycles. The molecule has 0 bridgehead atoms. The molecule has 0 amide bonds. The van der Waals surface area contributed by atoms with E-state index in [9.17, 15) is 4.39 Å². The molecule has 0 atom stereocenters. The van der Waals surface area contributed by atoms with Crippen LogP contribution in [-0.2, 0) is 0 Å². The quantitative estimate of drug-likeness (QED) is 0.931. The van der Waals surface area contributed by atoms with Crippen molar-refractivity contribution in [1.29, 1.82) is 0 Å². The number of halogens is 3. The van der Waals surface area contributed by atoms with Crippen LogP contribution in [0.1, 0.15) is 12.8 Å². The van der Waals surface area contributed by atoms with Gasteiger partial charge in [0.05, 0.1) is 10.0 Å². The van der Waals surface area contributed by atoms with Crippen LogP contribution in [0.3, 0.4) is 0 Å². The van der Waals surface area contributed by atoms with Gasteiger partial charge in [0.2, 0.25) is 0 Å². The topological polar surface area (TPSA) is 35.2 Å². The predicted molar refractivity (Wildman–Crippen MR) is 63.0 cm³/mol. The molecule has 0 aliphatic heterocycles. The Hall–Kier alpha value is -0.320. The maximum absolute atomic E-state index is 12.9. The smallest absolute Gasteiger partial charge is 0.137 e. The molecule has 1 saturated carbocycles. The summed E-state index contributed by atoms with van der Waals surface area (Å²) in [5.74, 6) is 0.362. The zero-order chi connectivity index (χ0) is 10.2. The molecule has 2 N–H and O–H groups in total. The number of rotatable bonds is 3. The van der Waals surface area contributed by atoms with Crippen LogP contribution < -0.4 is 10.5 Å². The van der Waals surface area contributed by atoms with E-state index >= 15 is 0 Å². The number of ether oxygens (including phenoxy) is 1. The maximum atomic E-state index is 12.9. The van der Waals surface area contributed by atoms with Gasteiger partial charge in [-0.2, -0.15) is 0 Å². The molecular formula is C10H12BrClFNO. The van der Waals surface area contributed by atoms with Crippen LogP contribution in [0, 0.1) is 5.82 Å². The van der Waals surface area contributed by atoms with Gasteiger partial charge in [-0.05, 0) is 47.0 Å². The Bertz CT molecular complexity index is 357. The standard InChI is InChI=1S/C10H11BrFNO.ClH/c11-8-5-7(1-2-9(8)12)14-6-10(13)3-4-10;/h1-2,5H,3-4,6,13H2;1H. The first kappa shape index (κ1) is 12.7. The summed E-state index contributed by atoms with van der Waals surface area (Å²) in [5.41, 5.74) is 5.71. The van der Waals surface area contributed by atoms with E-state index in [4.69, 9.17) is 10.5 Å². The van der Waals surface area contributed by atoms with Crippen molar-refractivity contribution in [3.63, 3.8) is 0 Å². The molecule has 84 valence electrons. The lowest BCUT2D eigenvalue weighted by atomic mass is 10.3. The van der Waals surface area contributed by atoms with E-state index in [0.29, 0.717) is 16.8 Å². The summed E-state index contributed by atoms with van der Waals surface area (Å²) in [5, 5.41) is 0. The van der Waals surface area contributed by atoms with Gasteiger partial charge in [-0.1, -0.05) is 0 Å². The Kier molecular flexibility index (Phi) is 3.98. The SMILES string of the molecule is Cl.NC1(COc2ccc(F)c(Br)c2)CC1. The van der Waals surface area contributed by atoms with E-state index in [-0.39, 0.29) is 23.8 Å². The monoisotopic (exact) mass is 295 g/mol. The molecule has 0 unspecified atom stereocenters. The van der Waals surface area contributed by atoms with Crippen LogP contribution in [-0.4, -0.2) is 12.1 Å². The molecule has 1 aromatic carbocycles. The Morgan fingerprint density at radius 3 is 2.67 bits per heavy atom. The lowest BCUT2D eigenvalue weighted by Crippen LogP contribution is -2.29. The Balaban J connectivity index is 0.00000112. The van der Waals surface area contributed by atoms with Crippen molar-refractivity contribution in [2.75, 3.05) is 6.61 Å². The van der Waals surface area contributed by atoms with Gasteiger partial charge in [0.1, 0.15) is 18.2 Å². The Morgan fingerprint density at radius 1 is 1.47 bits per heavy atom. The van der Waals surface area contributed by atoms with Crippen molar-refractivity contribution in [1.82, 2.24) is 0 Å². The van der Waals surface area contributed by atoms with Crippen molar-refractivity contribution in [2.24, 2.45) is 5.73 Å². The minimum atomic E-state index is -0.286. The fraction of sp³-hybridized carbons (Fsp3) is 0.400. The van der Waals surface area contributed by atoms with Gasteiger partial charge >= 0.3 is 0 Å². The van der Waals surface area contributed by atoms with Crippen molar-refractivity contribution < 1.29 is 9.13 Å². The van der Waals surface area contributed by atoms with Crippen LogP contribution in [0.5, 0.6) is 5.75 Å². The average molecular weight is 297 g/mol. The van der Waals surface area contributed by atoms with E-state index in [2.05, 4.69) is 15.9 Å². The number of nitrogens with two attached hydrogens (primary N) is 1. The number of benzene rings is 1. The molecule has 1 aromatic rings. The summed E-state index contributed by atoms with van der Waals surface area (Å²) in [6.45, 7) is 0.505. The van der Waals surface area contributed by atoms with Crippen LogP contribution in [0.4, 0.5) is 4.39 Å². The summed E-state index contributed by atoms with van der Waals surface area (Å²) in [6.07, 6.45) is 2.02. The van der Waals surface area contributed by atoms with E-state index in [1.165, 1.54) is 6.07 Å².